The third-order valence-electron chi connectivity index (χ3n) is 3.25. The number of rotatable bonds is 5. The number of aryl methyl sites for hydroxylation is 2. The lowest BCUT2D eigenvalue weighted by molar-refractivity contribution is 0.289. The highest BCUT2D eigenvalue weighted by molar-refractivity contribution is 5.53. The van der Waals surface area contributed by atoms with Crippen molar-refractivity contribution in [1.29, 1.82) is 0 Å². The van der Waals surface area contributed by atoms with Crippen LogP contribution in [0, 0.1) is 13.8 Å². The molecule has 0 amide bonds. The highest BCUT2D eigenvalue weighted by Gasteiger charge is 2.12. The van der Waals surface area contributed by atoms with Gasteiger partial charge >= 0.3 is 0 Å². The molecule has 3 rings (SSSR count). The van der Waals surface area contributed by atoms with Crippen LogP contribution < -0.4 is 0 Å². The zero-order valence-electron chi connectivity index (χ0n) is 12.9. The Kier molecular flexibility index (Phi) is 4.02. The molecule has 6 heteroatoms. The molecule has 2 aromatic heterocycles. The molecule has 0 fully saturated rings. The molecule has 114 valence electrons. The number of nitrogens with zero attached hydrogens (tertiary/aromatic N) is 4. The van der Waals surface area contributed by atoms with Crippen LogP contribution in [-0.4, -0.2) is 27.2 Å². The summed E-state index contributed by atoms with van der Waals surface area (Å²) in [5.41, 5.74) is 2.99. The van der Waals surface area contributed by atoms with Gasteiger partial charge in [-0.1, -0.05) is 28.0 Å². The molecule has 0 saturated heterocycles. The van der Waals surface area contributed by atoms with E-state index >= 15 is 0 Å². The van der Waals surface area contributed by atoms with E-state index in [1.54, 1.807) is 0 Å². The third kappa shape index (κ3) is 3.40. The second-order valence-corrected chi connectivity index (χ2v) is 5.49. The molecule has 0 saturated carbocycles. The average molecular weight is 298 g/mol. The summed E-state index contributed by atoms with van der Waals surface area (Å²) in [7, 11) is 1.98. The third-order valence-corrected chi connectivity index (χ3v) is 3.25. The van der Waals surface area contributed by atoms with Crippen LogP contribution in [0.5, 0.6) is 0 Å². The predicted octanol–water partition coefficient (Wildman–Crippen LogP) is 2.97. The number of aromatic nitrogens is 3. The van der Waals surface area contributed by atoms with Gasteiger partial charge < -0.3 is 9.05 Å². The molecule has 22 heavy (non-hydrogen) atoms. The van der Waals surface area contributed by atoms with E-state index in [9.17, 15) is 0 Å². The standard InChI is InChI=1S/C16H18N4O2/c1-11-5-4-6-13(7-11)16-17-15(19-22-16)10-20(3)9-14-8-12(2)21-18-14/h4-8H,9-10H2,1-3H3. The first-order chi connectivity index (χ1) is 10.6. The minimum absolute atomic E-state index is 0.546. The molecule has 1 aromatic carbocycles. The van der Waals surface area contributed by atoms with E-state index in [0.717, 1.165) is 22.6 Å². The Morgan fingerprint density at radius 2 is 1.91 bits per heavy atom. The lowest BCUT2D eigenvalue weighted by Crippen LogP contribution is -2.18. The Morgan fingerprint density at radius 1 is 1.05 bits per heavy atom. The van der Waals surface area contributed by atoms with Crippen LogP contribution >= 0.6 is 0 Å². The molecule has 3 aromatic rings. The molecule has 0 spiro atoms. The van der Waals surface area contributed by atoms with Crippen molar-refractivity contribution in [3.05, 3.63) is 53.2 Å². The van der Waals surface area contributed by atoms with Crippen LogP contribution in [0.4, 0.5) is 0 Å². The van der Waals surface area contributed by atoms with Crippen molar-refractivity contribution in [2.45, 2.75) is 26.9 Å². The van der Waals surface area contributed by atoms with E-state index in [4.69, 9.17) is 9.05 Å². The minimum Gasteiger partial charge on any atom is -0.361 e. The molecular formula is C16H18N4O2. The summed E-state index contributed by atoms with van der Waals surface area (Å²) in [6.45, 7) is 5.17. The van der Waals surface area contributed by atoms with Crippen molar-refractivity contribution in [2.75, 3.05) is 7.05 Å². The first-order valence-electron chi connectivity index (χ1n) is 7.10. The summed E-state index contributed by atoms with van der Waals surface area (Å²) in [6.07, 6.45) is 0. The fourth-order valence-corrected chi connectivity index (χ4v) is 2.28. The van der Waals surface area contributed by atoms with Crippen LogP contribution in [0.2, 0.25) is 0 Å². The maximum atomic E-state index is 5.34. The van der Waals surface area contributed by atoms with Crippen molar-refractivity contribution < 1.29 is 9.05 Å². The zero-order chi connectivity index (χ0) is 15.5. The second kappa shape index (κ2) is 6.11. The highest BCUT2D eigenvalue weighted by atomic mass is 16.5. The summed E-state index contributed by atoms with van der Waals surface area (Å²) in [5, 5.41) is 8.02. The fraction of sp³-hybridized carbons (Fsp3) is 0.312. The lowest BCUT2D eigenvalue weighted by Gasteiger charge is -2.11. The summed E-state index contributed by atoms with van der Waals surface area (Å²) in [6, 6.07) is 9.93. The fourth-order valence-electron chi connectivity index (χ4n) is 2.28. The van der Waals surface area contributed by atoms with Gasteiger partial charge in [0.1, 0.15) is 5.76 Å². The molecule has 2 heterocycles. The Hall–Kier alpha value is -2.47. The van der Waals surface area contributed by atoms with Gasteiger partial charge in [0.15, 0.2) is 5.82 Å². The zero-order valence-corrected chi connectivity index (χ0v) is 12.9. The van der Waals surface area contributed by atoms with Crippen molar-refractivity contribution in [3.8, 4) is 11.5 Å². The van der Waals surface area contributed by atoms with Crippen LogP contribution in [0.15, 0.2) is 39.4 Å². The van der Waals surface area contributed by atoms with Crippen molar-refractivity contribution >= 4 is 0 Å². The number of hydrogen-bond acceptors (Lipinski definition) is 6. The molecule has 6 nitrogen and oxygen atoms in total. The predicted molar refractivity (Wildman–Crippen MR) is 80.9 cm³/mol. The molecule has 0 bridgehead atoms. The number of hydrogen-bond donors (Lipinski definition) is 0. The molecule has 0 unspecified atom stereocenters. The Labute approximate surface area is 128 Å². The smallest absolute Gasteiger partial charge is 0.257 e. The topological polar surface area (TPSA) is 68.2 Å². The van der Waals surface area contributed by atoms with Crippen molar-refractivity contribution in [1.82, 2.24) is 20.2 Å². The van der Waals surface area contributed by atoms with Gasteiger partial charge in [0.2, 0.25) is 0 Å². The van der Waals surface area contributed by atoms with E-state index in [0.29, 0.717) is 24.8 Å². The molecule has 0 aliphatic heterocycles. The highest BCUT2D eigenvalue weighted by Crippen LogP contribution is 2.18. The summed E-state index contributed by atoms with van der Waals surface area (Å²) in [4.78, 5) is 6.50. The quantitative estimate of drug-likeness (QED) is 0.721. The summed E-state index contributed by atoms with van der Waals surface area (Å²) < 4.78 is 10.4. The van der Waals surface area contributed by atoms with Gasteiger partial charge in [0.25, 0.3) is 5.89 Å². The van der Waals surface area contributed by atoms with Crippen LogP contribution in [-0.2, 0) is 13.1 Å². The van der Waals surface area contributed by atoms with Crippen molar-refractivity contribution in [2.24, 2.45) is 0 Å². The van der Waals surface area contributed by atoms with Crippen LogP contribution in [0.25, 0.3) is 11.5 Å². The Morgan fingerprint density at radius 3 is 2.64 bits per heavy atom. The minimum atomic E-state index is 0.546. The van der Waals surface area contributed by atoms with Crippen LogP contribution in [0.1, 0.15) is 22.8 Å². The maximum absolute atomic E-state index is 5.34. The van der Waals surface area contributed by atoms with Gasteiger partial charge in [-0.3, -0.25) is 4.90 Å². The summed E-state index contributed by atoms with van der Waals surface area (Å²) >= 11 is 0. The van der Waals surface area contributed by atoms with Gasteiger partial charge in [-0.15, -0.1) is 0 Å². The average Bonchev–Trinajstić information content (AvgIpc) is 3.08. The van der Waals surface area contributed by atoms with E-state index in [1.807, 2.05) is 51.2 Å². The van der Waals surface area contributed by atoms with Gasteiger partial charge in [-0.05, 0) is 33.0 Å². The molecular weight excluding hydrogens is 280 g/mol. The molecule has 0 atom stereocenters. The van der Waals surface area contributed by atoms with Gasteiger partial charge in [-0.25, -0.2) is 0 Å². The van der Waals surface area contributed by atoms with Gasteiger partial charge in [-0.2, -0.15) is 4.98 Å². The van der Waals surface area contributed by atoms with Gasteiger partial charge in [0.05, 0.1) is 12.2 Å². The molecule has 0 aliphatic carbocycles. The molecule has 0 radical (unpaired) electrons. The lowest BCUT2D eigenvalue weighted by atomic mass is 10.1. The Bertz CT molecular complexity index is 763. The Balaban J connectivity index is 1.66. The van der Waals surface area contributed by atoms with E-state index in [-0.39, 0.29) is 0 Å². The largest absolute Gasteiger partial charge is 0.361 e. The molecule has 0 N–H and O–H groups in total. The second-order valence-electron chi connectivity index (χ2n) is 5.49. The van der Waals surface area contributed by atoms with Crippen molar-refractivity contribution in [3.63, 3.8) is 0 Å². The monoisotopic (exact) mass is 298 g/mol. The number of benzene rings is 1. The first-order valence-corrected chi connectivity index (χ1v) is 7.10. The summed E-state index contributed by atoms with van der Waals surface area (Å²) in [5.74, 6) is 2.01. The molecule has 0 aliphatic rings. The van der Waals surface area contributed by atoms with Gasteiger partial charge in [0, 0.05) is 18.2 Å². The van der Waals surface area contributed by atoms with Crippen LogP contribution in [0.3, 0.4) is 0 Å². The van der Waals surface area contributed by atoms with E-state index in [1.165, 1.54) is 0 Å². The SMILES string of the molecule is Cc1cccc(-c2nc(CN(C)Cc3cc(C)on3)no2)c1. The normalized spacial score (nSPS) is 11.3. The van der Waals surface area contributed by atoms with E-state index < -0.39 is 0 Å². The first kappa shape index (κ1) is 14.5. The van der Waals surface area contributed by atoms with E-state index in [2.05, 4.69) is 20.2 Å². The maximum Gasteiger partial charge on any atom is 0.257 e.